The average molecular weight is 489 g/mol. The highest BCUT2D eigenvalue weighted by atomic mass is 19.1. The number of hydrogen-bond acceptors (Lipinski definition) is 4. The number of carbonyl (C=O) groups is 3. The number of halogens is 1. The second kappa shape index (κ2) is 10.3. The van der Waals surface area contributed by atoms with E-state index in [2.05, 4.69) is 26.3 Å². The summed E-state index contributed by atoms with van der Waals surface area (Å²) in [5.41, 5.74) is 3.72. The molecule has 36 heavy (non-hydrogen) atoms. The molecule has 4 rings (SSSR count). The van der Waals surface area contributed by atoms with Crippen LogP contribution in [0.1, 0.15) is 44.9 Å². The molecule has 0 aliphatic rings. The van der Waals surface area contributed by atoms with Gasteiger partial charge in [-0.1, -0.05) is 18.2 Å². The minimum absolute atomic E-state index is 0.244. The lowest BCUT2D eigenvalue weighted by molar-refractivity contribution is 0.0962. The van der Waals surface area contributed by atoms with E-state index >= 15 is 0 Å². The van der Waals surface area contributed by atoms with Crippen molar-refractivity contribution in [3.05, 3.63) is 95.2 Å². The Morgan fingerprint density at radius 2 is 1.81 bits per heavy atom. The molecular formula is C26H25FN6O3. The van der Waals surface area contributed by atoms with E-state index in [4.69, 9.17) is 0 Å². The minimum atomic E-state index is -0.485. The van der Waals surface area contributed by atoms with Crippen molar-refractivity contribution in [1.29, 1.82) is 0 Å². The largest absolute Gasteiger partial charge is 0.355 e. The number of rotatable bonds is 6. The van der Waals surface area contributed by atoms with E-state index in [-0.39, 0.29) is 11.8 Å². The standard InChI is InChI=1S/C26H25FN6O3/c1-15-7-8-17(16(2)30-26(36)31-20-6-4-5-19(27)13-20)11-21(15)32-25(35)22-14-29-23-12-18(24(34)28-3)9-10-33(22)23/h4-14,16H,1-3H3,(H,28,34)(H,32,35)(H2,30,31,36)/t16-/m0/s1. The van der Waals surface area contributed by atoms with Gasteiger partial charge in [0.2, 0.25) is 0 Å². The molecule has 0 unspecified atom stereocenters. The SMILES string of the molecule is CNC(=O)c1ccn2c(C(=O)Nc3cc([C@H](C)NC(=O)Nc4cccc(F)c4)ccc3C)cnc2c1. The molecule has 184 valence electrons. The minimum Gasteiger partial charge on any atom is -0.355 e. The first kappa shape index (κ1) is 24.4. The van der Waals surface area contributed by atoms with Crippen LogP contribution in [0.2, 0.25) is 0 Å². The molecule has 0 bridgehead atoms. The number of fused-ring (bicyclic) bond motifs is 1. The quantitative estimate of drug-likeness (QED) is 0.324. The fourth-order valence-electron chi connectivity index (χ4n) is 3.68. The molecule has 10 heteroatoms. The van der Waals surface area contributed by atoms with Gasteiger partial charge in [0.15, 0.2) is 0 Å². The first-order valence-corrected chi connectivity index (χ1v) is 11.2. The highest BCUT2D eigenvalue weighted by molar-refractivity contribution is 6.04. The average Bonchev–Trinajstić information content (AvgIpc) is 3.28. The Bertz CT molecular complexity index is 1470. The van der Waals surface area contributed by atoms with Crippen molar-refractivity contribution in [3.8, 4) is 0 Å². The summed E-state index contributed by atoms with van der Waals surface area (Å²) in [7, 11) is 1.54. The fraction of sp³-hybridized carbons (Fsp3) is 0.154. The summed E-state index contributed by atoms with van der Waals surface area (Å²) in [6, 6.07) is 13.4. The van der Waals surface area contributed by atoms with Gasteiger partial charge in [0.25, 0.3) is 11.8 Å². The molecule has 2 aromatic heterocycles. The number of aromatic nitrogens is 2. The Labute approximate surface area is 206 Å². The lowest BCUT2D eigenvalue weighted by atomic mass is 10.0. The molecule has 0 aliphatic carbocycles. The van der Waals surface area contributed by atoms with Crippen LogP contribution in [0.25, 0.3) is 5.65 Å². The zero-order valence-corrected chi connectivity index (χ0v) is 19.9. The number of hydrogen-bond donors (Lipinski definition) is 4. The van der Waals surface area contributed by atoms with Crippen LogP contribution in [0, 0.1) is 12.7 Å². The normalized spacial score (nSPS) is 11.6. The molecule has 0 spiro atoms. The van der Waals surface area contributed by atoms with E-state index in [0.717, 1.165) is 11.1 Å². The monoisotopic (exact) mass is 488 g/mol. The molecule has 4 aromatic rings. The Kier molecular flexibility index (Phi) is 6.95. The van der Waals surface area contributed by atoms with E-state index in [0.29, 0.717) is 28.3 Å². The second-order valence-electron chi connectivity index (χ2n) is 8.23. The number of nitrogens with zero attached hydrogens (tertiary/aromatic N) is 2. The lowest BCUT2D eigenvalue weighted by Gasteiger charge is -2.17. The van der Waals surface area contributed by atoms with Gasteiger partial charge in [0.05, 0.1) is 12.2 Å². The van der Waals surface area contributed by atoms with Gasteiger partial charge >= 0.3 is 6.03 Å². The number of benzene rings is 2. The molecule has 0 fully saturated rings. The van der Waals surface area contributed by atoms with Crippen LogP contribution < -0.4 is 21.3 Å². The topological polar surface area (TPSA) is 117 Å². The number of pyridine rings is 1. The molecule has 2 heterocycles. The summed E-state index contributed by atoms with van der Waals surface area (Å²) in [6.07, 6.45) is 3.06. The molecule has 9 nitrogen and oxygen atoms in total. The molecule has 0 saturated carbocycles. The van der Waals surface area contributed by atoms with Crippen molar-refractivity contribution in [1.82, 2.24) is 20.0 Å². The number of carbonyl (C=O) groups excluding carboxylic acids is 3. The van der Waals surface area contributed by atoms with Crippen LogP contribution in [0.4, 0.5) is 20.6 Å². The molecular weight excluding hydrogens is 463 g/mol. The lowest BCUT2D eigenvalue weighted by Crippen LogP contribution is -2.31. The number of aryl methyl sites for hydroxylation is 1. The summed E-state index contributed by atoms with van der Waals surface area (Å²) >= 11 is 0. The zero-order valence-electron chi connectivity index (χ0n) is 19.9. The van der Waals surface area contributed by atoms with E-state index in [1.54, 1.807) is 48.8 Å². The maximum absolute atomic E-state index is 13.4. The Balaban J connectivity index is 1.48. The van der Waals surface area contributed by atoms with Crippen molar-refractivity contribution in [2.24, 2.45) is 0 Å². The predicted octanol–water partition coefficient (Wildman–Crippen LogP) is 4.28. The van der Waals surface area contributed by atoms with E-state index in [9.17, 15) is 18.8 Å². The highest BCUT2D eigenvalue weighted by Gasteiger charge is 2.17. The van der Waals surface area contributed by atoms with Crippen LogP contribution >= 0.6 is 0 Å². The third kappa shape index (κ3) is 5.33. The highest BCUT2D eigenvalue weighted by Crippen LogP contribution is 2.23. The molecule has 4 N–H and O–H groups in total. The first-order chi connectivity index (χ1) is 17.2. The van der Waals surface area contributed by atoms with Crippen LogP contribution in [0.3, 0.4) is 0 Å². The molecule has 2 aromatic carbocycles. The second-order valence-corrected chi connectivity index (χ2v) is 8.23. The molecule has 0 aliphatic heterocycles. The number of amides is 4. The van der Waals surface area contributed by atoms with E-state index < -0.39 is 17.9 Å². The smallest absolute Gasteiger partial charge is 0.319 e. The van der Waals surface area contributed by atoms with Crippen LogP contribution in [0.15, 0.2) is 67.0 Å². The predicted molar refractivity (Wildman–Crippen MR) is 135 cm³/mol. The van der Waals surface area contributed by atoms with E-state index in [1.165, 1.54) is 24.4 Å². The number of urea groups is 1. The van der Waals surface area contributed by atoms with Crippen LogP contribution in [-0.2, 0) is 0 Å². The van der Waals surface area contributed by atoms with Crippen molar-refractivity contribution >= 4 is 34.9 Å². The van der Waals surface area contributed by atoms with Crippen molar-refractivity contribution < 1.29 is 18.8 Å². The van der Waals surface area contributed by atoms with Crippen molar-refractivity contribution in [3.63, 3.8) is 0 Å². The van der Waals surface area contributed by atoms with Gasteiger partial charge in [-0.2, -0.15) is 0 Å². The third-order valence-corrected chi connectivity index (χ3v) is 5.68. The zero-order chi connectivity index (χ0) is 25.8. The molecule has 1 atom stereocenters. The van der Waals surface area contributed by atoms with Gasteiger partial charge in [-0.25, -0.2) is 14.2 Å². The summed E-state index contributed by atoms with van der Waals surface area (Å²) in [5, 5.41) is 10.9. The van der Waals surface area contributed by atoms with Gasteiger partial charge < -0.3 is 21.3 Å². The fourth-order valence-corrected chi connectivity index (χ4v) is 3.68. The van der Waals surface area contributed by atoms with Crippen molar-refractivity contribution in [2.45, 2.75) is 19.9 Å². The van der Waals surface area contributed by atoms with Gasteiger partial charge in [-0.15, -0.1) is 0 Å². The number of anilines is 2. The Hall–Kier alpha value is -4.73. The molecule has 4 amide bonds. The third-order valence-electron chi connectivity index (χ3n) is 5.68. The van der Waals surface area contributed by atoms with Crippen molar-refractivity contribution in [2.75, 3.05) is 17.7 Å². The van der Waals surface area contributed by atoms with Gasteiger partial charge in [-0.3, -0.25) is 14.0 Å². The summed E-state index contributed by atoms with van der Waals surface area (Å²) in [5.74, 6) is -1.07. The van der Waals surface area contributed by atoms with Crippen LogP contribution in [-0.4, -0.2) is 34.3 Å². The van der Waals surface area contributed by atoms with Gasteiger partial charge in [0.1, 0.15) is 17.2 Å². The summed E-state index contributed by atoms with van der Waals surface area (Å²) in [6.45, 7) is 3.66. The van der Waals surface area contributed by atoms with Crippen LogP contribution in [0.5, 0.6) is 0 Å². The number of imidazole rings is 1. The van der Waals surface area contributed by atoms with E-state index in [1.807, 2.05) is 19.1 Å². The van der Waals surface area contributed by atoms with Gasteiger partial charge in [-0.05, 0) is 61.4 Å². The molecule has 0 radical (unpaired) electrons. The maximum Gasteiger partial charge on any atom is 0.319 e. The van der Waals surface area contributed by atoms with Gasteiger partial charge in [0, 0.05) is 30.2 Å². The Morgan fingerprint density at radius 1 is 1.00 bits per heavy atom. The molecule has 0 saturated heterocycles. The summed E-state index contributed by atoms with van der Waals surface area (Å²) < 4.78 is 15.0. The maximum atomic E-state index is 13.4. The Morgan fingerprint density at radius 3 is 2.56 bits per heavy atom. The number of nitrogens with one attached hydrogen (secondary N) is 4. The first-order valence-electron chi connectivity index (χ1n) is 11.2. The summed E-state index contributed by atoms with van der Waals surface area (Å²) in [4.78, 5) is 41.5.